The molecular formula is C13H14N3O2+. The minimum absolute atomic E-state index is 0.0711. The molecule has 1 aromatic heterocycles. The number of pyridine rings is 1. The summed E-state index contributed by atoms with van der Waals surface area (Å²) in [5, 5.41) is 10.4. The highest BCUT2D eigenvalue weighted by molar-refractivity contribution is 5.90. The van der Waals surface area contributed by atoms with Crippen molar-refractivity contribution in [2.75, 3.05) is 10.8 Å². The van der Waals surface area contributed by atoms with Crippen molar-refractivity contribution in [2.45, 2.75) is 6.54 Å². The molecule has 92 valence electrons. The molecule has 2 aromatic rings. The molecule has 0 aliphatic rings. The van der Waals surface area contributed by atoms with Gasteiger partial charge in [0, 0.05) is 17.8 Å². The number of hydrogen-bond acceptors (Lipinski definition) is 3. The Morgan fingerprint density at radius 2 is 1.78 bits per heavy atom. The van der Waals surface area contributed by atoms with Crippen LogP contribution in [0.4, 0.5) is 11.4 Å². The van der Waals surface area contributed by atoms with Gasteiger partial charge in [-0.25, -0.2) is 0 Å². The normalized spacial score (nSPS) is 10.1. The van der Waals surface area contributed by atoms with E-state index in [9.17, 15) is 10.0 Å². The zero-order chi connectivity index (χ0) is 13.0. The number of rotatable bonds is 3. The van der Waals surface area contributed by atoms with Crippen molar-refractivity contribution >= 4 is 17.3 Å². The van der Waals surface area contributed by atoms with Gasteiger partial charge in [-0.2, -0.15) is 9.63 Å². The Morgan fingerprint density at radius 3 is 2.39 bits per heavy atom. The summed E-state index contributed by atoms with van der Waals surface area (Å²) in [5.41, 5.74) is 6.51. The highest BCUT2D eigenvalue weighted by atomic mass is 16.5. The number of hydrogen-bond donors (Lipinski definition) is 2. The van der Waals surface area contributed by atoms with Gasteiger partial charge < -0.3 is 5.73 Å². The van der Waals surface area contributed by atoms with Crippen molar-refractivity contribution < 1.29 is 14.6 Å². The third kappa shape index (κ3) is 2.83. The predicted octanol–water partition coefficient (Wildman–Crippen LogP) is 0.979. The fourth-order valence-corrected chi connectivity index (χ4v) is 1.52. The van der Waals surface area contributed by atoms with E-state index in [1.54, 1.807) is 41.2 Å². The Hall–Kier alpha value is -2.40. The highest BCUT2D eigenvalue weighted by Crippen LogP contribution is 2.14. The summed E-state index contributed by atoms with van der Waals surface area (Å²) in [6.07, 6.45) is 3.52. The summed E-state index contributed by atoms with van der Waals surface area (Å²) in [5.74, 6) is -0.420. The van der Waals surface area contributed by atoms with Gasteiger partial charge in [0.25, 0.3) is 0 Å². The number of amides is 1. The summed E-state index contributed by atoms with van der Waals surface area (Å²) in [4.78, 5) is 11.8. The third-order valence-corrected chi connectivity index (χ3v) is 2.47. The molecule has 5 nitrogen and oxygen atoms in total. The zero-order valence-electron chi connectivity index (χ0n) is 9.73. The van der Waals surface area contributed by atoms with Gasteiger partial charge in [0.1, 0.15) is 0 Å². The van der Waals surface area contributed by atoms with E-state index < -0.39 is 5.91 Å². The first-order chi connectivity index (χ1) is 8.66. The second-order valence-corrected chi connectivity index (χ2v) is 3.84. The number of hydroxylamine groups is 1. The fraction of sp³-hybridized carbons (Fsp3) is 0.0769. The first-order valence-corrected chi connectivity index (χ1v) is 5.48. The summed E-state index contributed by atoms with van der Waals surface area (Å²) in [6.45, 7) is 0.0711. The molecule has 18 heavy (non-hydrogen) atoms. The van der Waals surface area contributed by atoms with E-state index in [-0.39, 0.29) is 6.54 Å². The number of carbonyl (C=O) groups excluding carboxylic acids is 1. The molecular weight excluding hydrogens is 230 g/mol. The average molecular weight is 244 g/mol. The van der Waals surface area contributed by atoms with E-state index in [1.807, 2.05) is 18.2 Å². The van der Waals surface area contributed by atoms with E-state index in [0.717, 1.165) is 0 Å². The maximum atomic E-state index is 11.8. The van der Waals surface area contributed by atoms with Gasteiger partial charge in [0.2, 0.25) is 6.54 Å². The molecule has 0 saturated carbocycles. The molecule has 0 unspecified atom stereocenters. The number of nitrogens with zero attached hydrogens (tertiary/aromatic N) is 2. The SMILES string of the molecule is Nc1ccc(N(O)C(=O)C[n+]2ccccc2)cc1. The summed E-state index contributed by atoms with van der Waals surface area (Å²) >= 11 is 0. The molecule has 0 aliphatic carbocycles. The molecule has 0 saturated heterocycles. The summed E-state index contributed by atoms with van der Waals surface area (Å²) < 4.78 is 1.68. The maximum absolute atomic E-state index is 11.8. The highest BCUT2D eigenvalue weighted by Gasteiger charge is 2.17. The number of anilines is 2. The Balaban J connectivity index is 2.07. The summed E-state index contributed by atoms with van der Waals surface area (Å²) in [7, 11) is 0. The van der Waals surface area contributed by atoms with Crippen molar-refractivity contribution in [3.05, 3.63) is 54.9 Å². The lowest BCUT2D eigenvalue weighted by Crippen LogP contribution is -2.43. The van der Waals surface area contributed by atoms with Crippen LogP contribution in [0.15, 0.2) is 54.9 Å². The van der Waals surface area contributed by atoms with E-state index >= 15 is 0 Å². The molecule has 1 aromatic carbocycles. The monoisotopic (exact) mass is 244 g/mol. The minimum atomic E-state index is -0.420. The molecule has 0 fully saturated rings. The van der Waals surface area contributed by atoms with Crippen molar-refractivity contribution in [3.63, 3.8) is 0 Å². The van der Waals surface area contributed by atoms with E-state index in [1.165, 1.54) is 0 Å². The number of benzene rings is 1. The number of carbonyl (C=O) groups is 1. The standard InChI is InChI=1S/C13H14N3O2/c14-11-4-6-12(7-5-11)16(18)13(17)10-15-8-2-1-3-9-15/h1-9,18H,10,14H2/q+1. The second kappa shape index (κ2) is 5.29. The van der Waals surface area contributed by atoms with Crippen molar-refractivity contribution in [1.29, 1.82) is 0 Å². The van der Waals surface area contributed by atoms with Gasteiger partial charge >= 0.3 is 5.91 Å². The van der Waals surface area contributed by atoms with Crippen molar-refractivity contribution in [1.82, 2.24) is 0 Å². The largest absolute Gasteiger partial charge is 0.399 e. The van der Waals surface area contributed by atoms with Crippen LogP contribution in [0.3, 0.4) is 0 Å². The number of nitrogens with two attached hydrogens (primary N) is 1. The molecule has 0 spiro atoms. The van der Waals surface area contributed by atoms with Crippen LogP contribution < -0.4 is 15.4 Å². The van der Waals surface area contributed by atoms with Crippen LogP contribution in [0.1, 0.15) is 0 Å². The quantitative estimate of drug-likeness (QED) is 0.366. The number of aromatic nitrogens is 1. The zero-order valence-corrected chi connectivity index (χ0v) is 9.73. The molecule has 0 atom stereocenters. The van der Waals surface area contributed by atoms with Crippen molar-refractivity contribution in [2.24, 2.45) is 0 Å². The topological polar surface area (TPSA) is 70.4 Å². The van der Waals surface area contributed by atoms with E-state index in [4.69, 9.17) is 5.73 Å². The van der Waals surface area contributed by atoms with Gasteiger partial charge in [-0.1, -0.05) is 6.07 Å². The van der Waals surface area contributed by atoms with Crippen LogP contribution in [0.2, 0.25) is 0 Å². The van der Waals surface area contributed by atoms with Crippen LogP contribution in [-0.2, 0) is 11.3 Å². The molecule has 5 heteroatoms. The first-order valence-electron chi connectivity index (χ1n) is 5.48. The molecule has 3 N–H and O–H groups in total. The van der Waals surface area contributed by atoms with Crippen LogP contribution in [-0.4, -0.2) is 11.1 Å². The Kier molecular flexibility index (Phi) is 3.54. The van der Waals surface area contributed by atoms with Crippen LogP contribution >= 0.6 is 0 Å². The molecule has 2 rings (SSSR count). The lowest BCUT2D eigenvalue weighted by molar-refractivity contribution is -0.684. The van der Waals surface area contributed by atoms with E-state index in [2.05, 4.69) is 0 Å². The third-order valence-electron chi connectivity index (χ3n) is 2.47. The number of nitrogen functional groups attached to an aromatic ring is 1. The second-order valence-electron chi connectivity index (χ2n) is 3.84. The summed E-state index contributed by atoms with van der Waals surface area (Å²) in [6, 6.07) is 11.9. The van der Waals surface area contributed by atoms with Gasteiger partial charge in [-0.05, 0) is 24.3 Å². The smallest absolute Gasteiger partial charge is 0.316 e. The lowest BCUT2D eigenvalue weighted by Gasteiger charge is -2.13. The molecule has 0 radical (unpaired) electrons. The Morgan fingerprint density at radius 1 is 1.17 bits per heavy atom. The Labute approximate surface area is 105 Å². The van der Waals surface area contributed by atoms with Gasteiger partial charge in [-0.3, -0.25) is 10.0 Å². The maximum Gasteiger partial charge on any atom is 0.316 e. The van der Waals surface area contributed by atoms with Gasteiger partial charge in [-0.15, -0.1) is 0 Å². The fourth-order valence-electron chi connectivity index (χ4n) is 1.52. The van der Waals surface area contributed by atoms with Crippen LogP contribution in [0.25, 0.3) is 0 Å². The van der Waals surface area contributed by atoms with E-state index in [0.29, 0.717) is 16.4 Å². The van der Waals surface area contributed by atoms with Gasteiger partial charge in [0.05, 0.1) is 5.69 Å². The average Bonchev–Trinajstić information content (AvgIpc) is 2.40. The van der Waals surface area contributed by atoms with Crippen LogP contribution in [0, 0.1) is 0 Å². The lowest BCUT2D eigenvalue weighted by atomic mass is 10.3. The molecule has 1 amide bonds. The predicted molar refractivity (Wildman–Crippen MR) is 66.8 cm³/mol. The molecule has 1 heterocycles. The minimum Gasteiger partial charge on any atom is -0.399 e. The van der Waals surface area contributed by atoms with Crippen molar-refractivity contribution in [3.8, 4) is 0 Å². The van der Waals surface area contributed by atoms with Gasteiger partial charge in [0.15, 0.2) is 12.4 Å². The molecule has 0 bridgehead atoms. The Bertz CT molecular complexity index is 526. The first kappa shape index (κ1) is 12.1. The van der Waals surface area contributed by atoms with Crippen LogP contribution in [0.5, 0.6) is 0 Å². The molecule has 0 aliphatic heterocycles.